The molecule has 0 heterocycles. The second-order valence-electron chi connectivity index (χ2n) is 9.02. The summed E-state index contributed by atoms with van der Waals surface area (Å²) in [5, 5.41) is 2.75. The van der Waals surface area contributed by atoms with Crippen molar-refractivity contribution in [2.45, 2.75) is 59.4 Å². The van der Waals surface area contributed by atoms with Crippen LogP contribution in [0.2, 0.25) is 0 Å². The lowest BCUT2D eigenvalue weighted by Crippen LogP contribution is -2.43. The summed E-state index contributed by atoms with van der Waals surface area (Å²) in [6, 6.07) is 16.8. The van der Waals surface area contributed by atoms with Crippen molar-refractivity contribution in [3.05, 3.63) is 65.7 Å². The number of amides is 1. The van der Waals surface area contributed by atoms with Crippen molar-refractivity contribution in [1.82, 2.24) is 4.90 Å². The Morgan fingerprint density at radius 2 is 1.65 bits per heavy atom. The number of likely N-dealkylation sites (N-methyl/N-ethyl adjacent to an activating group) is 1. The number of nitrogens with zero attached hydrogens (tertiary/aromatic N) is 1. The molecule has 0 aromatic heterocycles. The molecule has 0 aliphatic carbocycles. The molecule has 0 aliphatic heterocycles. The quantitative estimate of drug-likeness (QED) is 0.585. The van der Waals surface area contributed by atoms with Crippen molar-refractivity contribution in [2.24, 2.45) is 5.92 Å². The van der Waals surface area contributed by atoms with Crippen molar-refractivity contribution in [3.8, 4) is 0 Å². The summed E-state index contributed by atoms with van der Waals surface area (Å²) < 4.78 is 10.9. The van der Waals surface area contributed by atoms with Crippen molar-refractivity contribution in [1.29, 1.82) is 0 Å². The number of benzene rings is 2. The molecule has 2 rings (SSSR count). The summed E-state index contributed by atoms with van der Waals surface area (Å²) >= 11 is 0. The van der Waals surface area contributed by atoms with Crippen LogP contribution in [0, 0.1) is 5.92 Å². The second kappa shape index (κ2) is 11.0. The standard InChI is InChI=1S/C25H34N2O4/c1-18(2)22(23(28)30-17-19-11-8-7-9-12-19)27(6)16-20-13-10-14-21(15-20)26-24(29)31-25(3,4)5/h7-15,18,22H,16-17H2,1-6H3,(H,26,29). The highest BCUT2D eigenvalue weighted by molar-refractivity contribution is 5.85. The average molecular weight is 427 g/mol. The van der Waals surface area contributed by atoms with Crippen LogP contribution in [-0.4, -0.2) is 35.7 Å². The average Bonchev–Trinajstić information content (AvgIpc) is 2.65. The van der Waals surface area contributed by atoms with Gasteiger partial charge in [-0.2, -0.15) is 0 Å². The minimum atomic E-state index is -0.563. The van der Waals surface area contributed by atoms with E-state index in [1.54, 1.807) is 0 Å². The van der Waals surface area contributed by atoms with Crippen LogP contribution in [0.3, 0.4) is 0 Å². The molecule has 1 N–H and O–H groups in total. The van der Waals surface area contributed by atoms with Crippen LogP contribution in [0.4, 0.5) is 10.5 Å². The lowest BCUT2D eigenvalue weighted by Gasteiger charge is -2.29. The van der Waals surface area contributed by atoms with Gasteiger partial charge in [-0.1, -0.05) is 56.3 Å². The Kier molecular flexibility index (Phi) is 8.63. The monoisotopic (exact) mass is 426 g/mol. The van der Waals surface area contributed by atoms with Gasteiger partial charge in [0.15, 0.2) is 0 Å². The third kappa shape index (κ3) is 8.42. The molecule has 0 spiro atoms. The second-order valence-corrected chi connectivity index (χ2v) is 9.02. The molecule has 168 valence electrons. The van der Waals surface area contributed by atoms with Crippen molar-refractivity contribution in [2.75, 3.05) is 12.4 Å². The normalized spacial score (nSPS) is 12.5. The number of esters is 1. The molecule has 0 fully saturated rings. The van der Waals surface area contributed by atoms with E-state index >= 15 is 0 Å². The molecule has 6 nitrogen and oxygen atoms in total. The number of hydrogen-bond acceptors (Lipinski definition) is 5. The number of carbonyl (C=O) groups excluding carboxylic acids is 2. The Labute approximate surface area is 185 Å². The van der Waals surface area contributed by atoms with Gasteiger partial charge >= 0.3 is 12.1 Å². The van der Waals surface area contributed by atoms with Crippen molar-refractivity contribution in [3.63, 3.8) is 0 Å². The molecular weight excluding hydrogens is 392 g/mol. The Bertz CT molecular complexity index is 859. The molecule has 6 heteroatoms. The third-order valence-corrected chi connectivity index (χ3v) is 4.58. The maximum atomic E-state index is 12.8. The van der Waals surface area contributed by atoms with Crippen LogP contribution in [0.5, 0.6) is 0 Å². The van der Waals surface area contributed by atoms with Gasteiger partial charge in [0.1, 0.15) is 18.2 Å². The summed E-state index contributed by atoms with van der Waals surface area (Å²) in [5.74, 6) is -0.166. The molecule has 0 radical (unpaired) electrons. The fraction of sp³-hybridized carbons (Fsp3) is 0.440. The zero-order chi connectivity index (χ0) is 23.0. The summed E-state index contributed by atoms with van der Waals surface area (Å²) in [6.07, 6.45) is -0.498. The zero-order valence-electron chi connectivity index (χ0n) is 19.3. The Morgan fingerprint density at radius 3 is 2.26 bits per heavy atom. The van der Waals surface area contributed by atoms with E-state index in [1.165, 1.54) is 0 Å². The largest absolute Gasteiger partial charge is 0.460 e. The number of carbonyl (C=O) groups is 2. The van der Waals surface area contributed by atoms with Gasteiger partial charge in [0.2, 0.25) is 0 Å². The molecule has 1 atom stereocenters. The van der Waals surface area contributed by atoms with Gasteiger partial charge in [0, 0.05) is 12.2 Å². The lowest BCUT2D eigenvalue weighted by molar-refractivity contribution is -0.153. The molecule has 2 aromatic carbocycles. The summed E-state index contributed by atoms with van der Waals surface area (Å²) in [7, 11) is 1.91. The van der Waals surface area contributed by atoms with Crippen LogP contribution in [0.1, 0.15) is 45.7 Å². The minimum absolute atomic E-state index is 0.0799. The first kappa shape index (κ1) is 24.4. The Balaban J connectivity index is 2.01. The Hall–Kier alpha value is -2.86. The van der Waals surface area contributed by atoms with Crippen LogP contribution in [0.25, 0.3) is 0 Å². The van der Waals surface area contributed by atoms with Gasteiger partial charge in [-0.15, -0.1) is 0 Å². The number of nitrogens with one attached hydrogen (secondary N) is 1. The summed E-state index contributed by atoms with van der Waals surface area (Å²) in [4.78, 5) is 26.8. The van der Waals surface area contributed by atoms with E-state index in [0.29, 0.717) is 12.2 Å². The molecule has 1 unspecified atom stereocenters. The van der Waals surface area contributed by atoms with E-state index in [9.17, 15) is 9.59 Å². The summed E-state index contributed by atoms with van der Waals surface area (Å²) in [6.45, 7) is 10.3. The molecule has 0 saturated carbocycles. The number of ether oxygens (including phenoxy) is 2. The van der Waals surface area contributed by atoms with Crippen molar-refractivity contribution >= 4 is 17.7 Å². The third-order valence-electron chi connectivity index (χ3n) is 4.58. The van der Waals surface area contributed by atoms with Gasteiger partial charge in [-0.25, -0.2) is 4.79 Å². The highest BCUT2D eigenvalue weighted by atomic mass is 16.6. The molecule has 2 aromatic rings. The van der Waals surface area contributed by atoms with Crippen LogP contribution < -0.4 is 5.32 Å². The maximum absolute atomic E-state index is 12.8. The van der Waals surface area contributed by atoms with Crippen molar-refractivity contribution < 1.29 is 19.1 Å². The van der Waals surface area contributed by atoms with E-state index in [-0.39, 0.29) is 24.5 Å². The van der Waals surface area contributed by atoms with E-state index in [0.717, 1.165) is 11.1 Å². The molecule has 0 bridgehead atoms. The molecule has 0 saturated heterocycles. The topological polar surface area (TPSA) is 67.9 Å². The zero-order valence-corrected chi connectivity index (χ0v) is 19.3. The number of rotatable bonds is 8. The molecule has 0 aliphatic rings. The summed E-state index contributed by atoms with van der Waals surface area (Å²) in [5.41, 5.74) is 2.01. The van der Waals surface area contributed by atoms with Gasteiger partial charge in [0.05, 0.1) is 0 Å². The fourth-order valence-electron chi connectivity index (χ4n) is 3.33. The predicted molar refractivity (Wildman–Crippen MR) is 123 cm³/mol. The maximum Gasteiger partial charge on any atom is 0.412 e. The van der Waals surface area contributed by atoms with Gasteiger partial charge in [0.25, 0.3) is 0 Å². The smallest absolute Gasteiger partial charge is 0.412 e. The SMILES string of the molecule is CC(C)C(C(=O)OCc1ccccc1)N(C)Cc1cccc(NC(=O)OC(C)(C)C)c1. The Morgan fingerprint density at radius 1 is 1.00 bits per heavy atom. The fourth-order valence-corrected chi connectivity index (χ4v) is 3.33. The predicted octanol–water partition coefficient (Wildman–Crippen LogP) is 5.23. The number of hydrogen-bond donors (Lipinski definition) is 1. The molecule has 31 heavy (non-hydrogen) atoms. The minimum Gasteiger partial charge on any atom is -0.460 e. The van der Waals surface area contributed by atoms with Gasteiger partial charge < -0.3 is 9.47 Å². The highest BCUT2D eigenvalue weighted by Gasteiger charge is 2.28. The first-order valence-electron chi connectivity index (χ1n) is 10.5. The molecular formula is C25H34N2O4. The van der Waals surface area contributed by atoms with E-state index in [4.69, 9.17) is 9.47 Å². The van der Waals surface area contributed by atoms with E-state index in [1.807, 2.05) is 101 Å². The van der Waals surface area contributed by atoms with E-state index in [2.05, 4.69) is 5.32 Å². The van der Waals surface area contributed by atoms with E-state index < -0.39 is 11.7 Å². The highest BCUT2D eigenvalue weighted by Crippen LogP contribution is 2.19. The van der Waals surface area contributed by atoms with Gasteiger partial charge in [-0.05, 0) is 57.0 Å². The molecule has 1 amide bonds. The first-order chi connectivity index (χ1) is 14.5. The van der Waals surface area contributed by atoms with Crippen LogP contribution in [0.15, 0.2) is 54.6 Å². The van der Waals surface area contributed by atoms with Crippen LogP contribution in [-0.2, 0) is 27.4 Å². The first-order valence-corrected chi connectivity index (χ1v) is 10.5. The van der Waals surface area contributed by atoms with Crippen LogP contribution >= 0.6 is 0 Å². The van der Waals surface area contributed by atoms with Gasteiger partial charge in [-0.3, -0.25) is 15.0 Å². The lowest BCUT2D eigenvalue weighted by atomic mass is 10.0. The number of anilines is 1.